The van der Waals surface area contributed by atoms with Crippen molar-refractivity contribution in [3.05, 3.63) is 59.9 Å². The molecule has 1 unspecified atom stereocenters. The third kappa shape index (κ3) is 3.21. The predicted octanol–water partition coefficient (Wildman–Crippen LogP) is 3.18. The van der Waals surface area contributed by atoms with Crippen molar-refractivity contribution >= 4 is 0 Å². The van der Waals surface area contributed by atoms with E-state index in [0.717, 1.165) is 6.54 Å². The molecule has 2 rings (SSSR count). The minimum absolute atomic E-state index is 0.474. The highest BCUT2D eigenvalue weighted by atomic mass is 16.5. The SMILES string of the molecule is COCC1=CN(Cc2ccccc2)C=CC1C. The molecule has 0 radical (unpaired) electrons. The second-order valence-corrected chi connectivity index (χ2v) is 4.43. The summed E-state index contributed by atoms with van der Waals surface area (Å²) in [6.45, 7) is 3.81. The Balaban J connectivity index is 2.05. The van der Waals surface area contributed by atoms with Gasteiger partial charge in [0, 0.05) is 32.0 Å². The smallest absolute Gasteiger partial charge is 0.0695 e. The fraction of sp³-hybridized carbons (Fsp3) is 0.333. The first-order valence-corrected chi connectivity index (χ1v) is 5.97. The monoisotopic (exact) mass is 229 g/mol. The third-order valence-electron chi connectivity index (χ3n) is 3.00. The zero-order valence-electron chi connectivity index (χ0n) is 10.5. The number of nitrogens with zero attached hydrogens (tertiary/aromatic N) is 1. The Hall–Kier alpha value is -1.54. The van der Waals surface area contributed by atoms with Crippen LogP contribution in [0.5, 0.6) is 0 Å². The highest BCUT2D eigenvalue weighted by molar-refractivity contribution is 5.21. The normalized spacial score (nSPS) is 19.3. The van der Waals surface area contributed by atoms with E-state index in [0.29, 0.717) is 12.5 Å². The molecule has 0 N–H and O–H groups in total. The Bertz CT molecular complexity index is 408. The van der Waals surface area contributed by atoms with Gasteiger partial charge in [-0.15, -0.1) is 0 Å². The number of ether oxygens (including phenoxy) is 1. The lowest BCUT2D eigenvalue weighted by atomic mass is 10.0. The van der Waals surface area contributed by atoms with E-state index in [4.69, 9.17) is 4.74 Å². The van der Waals surface area contributed by atoms with Crippen molar-refractivity contribution in [2.75, 3.05) is 13.7 Å². The fourth-order valence-corrected chi connectivity index (χ4v) is 1.96. The van der Waals surface area contributed by atoms with Gasteiger partial charge in [-0.3, -0.25) is 0 Å². The molecule has 0 saturated carbocycles. The summed E-state index contributed by atoms with van der Waals surface area (Å²) >= 11 is 0. The summed E-state index contributed by atoms with van der Waals surface area (Å²) in [6.07, 6.45) is 6.56. The van der Waals surface area contributed by atoms with Gasteiger partial charge in [0.05, 0.1) is 6.61 Å². The first-order valence-electron chi connectivity index (χ1n) is 5.97. The van der Waals surface area contributed by atoms with Crippen molar-refractivity contribution in [1.82, 2.24) is 4.90 Å². The van der Waals surface area contributed by atoms with Crippen molar-refractivity contribution in [3.63, 3.8) is 0 Å². The molecule has 90 valence electrons. The van der Waals surface area contributed by atoms with Crippen LogP contribution in [-0.2, 0) is 11.3 Å². The summed E-state index contributed by atoms with van der Waals surface area (Å²) in [5, 5.41) is 0. The lowest BCUT2D eigenvalue weighted by Crippen LogP contribution is -2.18. The summed E-state index contributed by atoms with van der Waals surface area (Å²) in [4.78, 5) is 2.21. The summed E-state index contributed by atoms with van der Waals surface area (Å²) in [5.41, 5.74) is 2.64. The van der Waals surface area contributed by atoms with E-state index in [9.17, 15) is 0 Å². The molecule has 1 aliphatic heterocycles. The highest BCUT2D eigenvalue weighted by Crippen LogP contribution is 2.20. The number of rotatable bonds is 4. The number of hydrogen-bond acceptors (Lipinski definition) is 2. The minimum atomic E-state index is 0.474. The molecule has 0 bridgehead atoms. The van der Waals surface area contributed by atoms with Crippen LogP contribution in [-0.4, -0.2) is 18.6 Å². The van der Waals surface area contributed by atoms with Gasteiger partial charge in [0.2, 0.25) is 0 Å². The average Bonchev–Trinajstić information content (AvgIpc) is 2.35. The molecular formula is C15H19NO. The summed E-state index contributed by atoms with van der Waals surface area (Å²) in [5.74, 6) is 0.474. The second-order valence-electron chi connectivity index (χ2n) is 4.43. The summed E-state index contributed by atoms with van der Waals surface area (Å²) in [7, 11) is 1.74. The van der Waals surface area contributed by atoms with Crippen LogP contribution >= 0.6 is 0 Å². The number of allylic oxidation sites excluding steroid dienone is 1. The van der Waals surface area contributed by atoms with E-state index in [1.54, 1.807) is 7.11 Å². The Kier molecular flexibility index (Phi) is 3.99. The first kappa shape index (κ1) is 11.9. The van der Waals surface area contributed by atoms with Crippen LogP contribution in [0.15, 0.2) is 54.4 Å². The minimum Gasteiger partial charge on any atom is -0.380 e. The number of benzene rings is 1. The average molecular weight is 229 g/mol. The molecule has 2 heteroatoms. The maximum absolute atomic E-state index is 5.22. The van der Waals surface area contributed by atoms with Gasteiger partial charge in [0.1, 0.15) is 0 Å². The fourth-order valence-electron chi connectivity index (χ4n) is 1.96. The molecule has 1 atom stereocenters. The Labute approximate surface area is 103 Å². The van der Waals surface area contributed by atoms with Crippen molar-refractivity contribution in [3.8, 4) is 0 Å². The molecule has 1 aromatic rings. The Morgan fingerprint density at radius 2 is 2.00 bits per heavy atom. The van der Waals surface area contributed by atoms with Crippen molar-refractivity contribution in [2.24, 2.45) is 5.92 Å². The highest BCUT2D eigenvalue weighted by Gasteiger charge is 2.12. The molecule has 0 amide bonds. The van der Waals surface area contributed by atoms with Crippen LogP contribution in [0.2, 0.25) is 0 Å². The van der Waals surface area contributed by atoms with Gasteiger partial charge in [-0.1, -0.05) is 43.3 Å². The predicted molar refractivity (Wildman–Crippen MR) is 70.2 cm³/mol. The first-order chi connectivity index (χ1) is 8.29. The lowest BCUT2D eigenvalue weighted by molar-refractivity contribution is 0.216. The molecule has 1 aliphatic rings. The van der Waals surface area contributed by atoms with Crippen LogP contribution in [0.4, 0.5) is 0 Å². The molecule has 0 spiro atoms. The molecular weight excluding hydrogens is 210 g/mol. The molecule has 0 fully saturated rings. The summed E-state index contributed by atoms with van der Waals surface area (Å²) < 4.78 is 5.22. The van der Waals surface area contributed by atoms with Crippen molar-refractivity contribution in [2.45, 2.75) is 13.5 Å². The van der Waals surface area contributed by atoms with E-state index in [2.05, 4.69) is 54.6 Å². The van der Waals surface area contributed by atoms with Gasteiger partial charge < -0.3 is 9.64 Å². The van der Waals surface area contributed by atoms with E-state index >= 15 is 0 Å². The van der Waals surface area contributed by atoms with Crippen LogP contribution in [0.1, 0.15) is 12.5 Å². The standard InChI is InChI=1S/C15H19NO/c1-13-8-9-16(11-15(13)12-17-2)10-14-6-4-3-5-7-14/h3-9,11,13H,10,12H2,1-2H3. The zero-order valence-corrected chi connectivity index (χ0v) is 10.5. The van der Waals surface area contributed by atoms with Gasteiger partial charge >= 0.3 is 0 Å². The Morgan fingerprint density at radius 3 is 2.71 bits per heavy atom. The third-order valence-corrected chi connectivity index (χ3v) is 3.00. The molecule has 17 heavy (non-hydrogen) atoms. The number of hydrogen-bond donors (Lipinski definition) is 0. The van der Waals surface area contributed by atoms with E-state index < -0.39 is 0 Å². The molecule has 1 heterocycles. The quantitative estimate of drug-likeness (QED) is 0.786. The van der Waals surface area contributed by atoms with Crippen molar-refractivity contribution in [1.29, 1.82) is 0 Å². The molecule has 2 nitrogen and oxygen atoms in total. The summed E-state index contributed by atoms with van der Waals surface area (Å²) in [6, 6.07) is 10.5. The molecule has 0 saturated heterocycles. The molecule has 0 aliphatic carbocycles. The largest absolute Gasteiger partial charge is 0.380 e. The number of methoxy groups -OCH3 is 1. The van der Waals surface area contributed by atoms with Crippen LogP contribution in [0.25, 0.3) is 0 Å². The van der Waals surface area contributed by atoms with E-state index in [-0.39, 0.29) is 0 Å². The van der Waals surface area contributed by atoms with Crippen LogP contribution in [0, 0.1) is 5.92 Å². The Morgan fingerprint density at radius 1 is 1.24 bits per heavy atom. The van der Waals surface area contributed by atoms with E-state index in [1.807, 2.05) is 6.07 Å². The van der Waals surface area contributed by atoms with Gasteiger partial charge in [-0.2, -0.15) is 0 Å². The van der Waals surface area contributed by atoms with Gasteiger partial charge in [-0.05, 0) is 11.1 Å². The van der Waals surface area contributed by atoms with Gasteiger partial charge in [-0.25, -0.2) is 0 Å². The molecule has 0 aromatic heterocycles. The van der Waals surface area contributed by atoms with E-state index in [1.165, 1.54) is 11.1 Å². The van der Waals surface area contributed by atoms with Crippen LogP contribution < -0.4 is 0 Å². The maximum Gasteiger partial charge on any atom is 0.0695 e. The second kappa shape index (κ2) is 5.69. The topological polar surface area (TPSA) is 12.5 Å². The molecule has 1 aromatic carbocycles. The lowest BCUT2D eigenvalue weighted by Gasteiger charge is -2.25. The zero-order chi connectivity index (χ0) is 12.1. The van der Waals surface area contributed by atoms with Crippen LogP contribution in [0.3, 0.4) is 0 Å². The van der Waals surface area contributed by atoms with Gasteiger partial charge in [0.25, 0.3) is 0 Å². The van der Waals surface area contributed by atoms with Gasteiger partial charge in [0.15, 0.2) is 0 Å². The van der Waals surface area contributed by atoms with Crippen molar-refractivity contribution < 1.29 is 4.74 Å². The maximum atomic E-state index is 5.22.